The number of anilines is 1. The fourth-order valence-electron chi connectivity index (χ4n) is 3.19. The standard InChI is InChI=1S/C19H21F2N5S/c1-25-7-8-26(12-18(25)13-5-3-2-4-6-13)17-10-15(20)14(9-16(17)21)11-23-24-19(22)27/h2-6,9-11,18H,7-8,12H2,1H3,(H3,22,24,27)/b23-11+/t18-/m0/s1. The first kappa shape index (κ1) is 19.2. The minimum Gasteiger partial charge on any atom is -0.375 e. The van der Waals surface area contributed by atoms with Crippen LogP contribution in [0.3, 0.4) is 0 Å². The summed E-state index contributed by atoms with van der Waals surface area (Å²) in [5.41, 5.74) is 8.99. The molecule has 0 aliphatic carbocycles. The van der Waals surface area contributed by atoms with Crippen molar-refractivity contribution in [2.75, 3.05) is 31.6 Å². The minimum absolute atomic E-state index is 0.0220. The lowest BCUT2D eigenvalue weighted by Gasteiger charge is -2.41. The molecule has 1 fully saturated rings. The number of halogens is 2. The quantitative estimate of drug-likeness (QED) is 0.478. The highest BCUT2D eigenvalue weighted by Gasteiger charge is 2.27. The van der Waals surface area contributed by atoms with Crippen molar-refractivity contribution in [3.63, 3.8) is 0 Å². The second kappa shape index (κ2) is 8.41. The summed E-state index contributed by atoms with van der Waals surface area (Å²) in [4.78, 5) is 4.10. The number of nitrogens with two attached hydrogens (primary N) is 1. The summed E-state index contributed by atoms with van der Waals surface area (Å²) in [6.07, 6.45) is 1.15. The normalized spacial score (nSPS) is 18.0. The van der Waals surface area contributed by atoms with E-state index in [4.69, 9.17) is 5.73 Å². The van der Waals surface area contributed by atoms with Gasteiger partial charge in [0.05, 0.1) is 17.9 Å². The number of likely N-dealkylation sites (N-methyl/N-ethyl adjacent to an activating group) is 1. The number of thiocarbonyl (C=S) groups is 1. The van der Waals surface area contributed by atoms with Crippen LogP contribution in [0.1, 0.15) is 17.2 Å². The Hall–Kier alpha value is -2.58. The molecule has 1 saturated heterocycles. The van der Waals surface area contributed by atoms with Gasteiger partial charge in [0, 0.05) is 31.3 Å². The second-order valence-corrected chi connectivity index (χ2v) is 6.85. The summed E-state index contributed by atoms with van der Waals surface area (Å²) in [5.74, 6) is -1.06. The Morgan fingerprint density at radius 2 is 1.96 bits per heavy atom. The molecule has 27 heavy (non-hydrogen) atoms. The minimum atomic E-state index is -0.560. The topological polar surface area (TPSA) is 56.9 Å². The maximum Gasteiger partial charge on any atom is 0.184 e. The molecule has 0 spiro atoms. The number of piperazine rings is 1. The molecule has 2 aromatic carbocycles. The van der Waals surface area contributed by atoms with Crippen molar-refractivity contribution in [3.8, 4) is 0 Å². The molecule has 1 heterocycles. The van der Waals surface area contributed by atoms with E-state index in [9.17, 15) is 8.78 Å². The third-order valence-corrected chi connectivity index (χ3v) is 4.71. The number of nitrogens with one attached hydrogen (secondary N) is 1. The van der Waals surface area contributed by atoms with Crippen LogP contribution in [0.15, 0.2) is 47.6 Å². The van der Waals surface area contributed by atoms with Gasteiger partial charge in [0.1, 0.15) is 11.6 Å². The highest BCUT2D eigenvalue weighted by Crippen LogP contribution is 2.30. The van der Waals surface area contributed by atoms with Crippen LogP contribution in [0.25, 0.3) is 0 Å². The SMILES string of the molecule is CN1CCN(c2cc(F)c(/C=N/NC(N)=S)cc2F)C[C@H]1c1ccccc1. The van der Waals surface area contributed by atoms with Crippen LogP contribution in [0.4, 0.5) is 14.5 Å². The Balaban J connectivity index is 1.82. The summed E-state index contributed by atoms with van der Waals surface area (Å²) in [7, 11) is 2.04. The van der Waals surface area contributed by atoms with E-state index in [-0.39, 0.29) is 22.4 Å². The summed E-state index contributed by atoms with van der Waals surface area (Å²) >= 11 is 4.61. The lowest BCUT2D eigenvalue weighted by Crippen LogP contribution is -2.47. The maximum absolute atomic E-state index is 14.7. The largest absolute Gasteiger partial charge is 0.375 e. The van der Waals surface area contributed by atoms with Crippen LogP contribution in [-0.2, 0) is 0 Å². The van der Waals surface area contributed by atoms with Gasteiger partial charge in [-0.2, -0.15) is 5.10 Å². The summed E-state index contributed by atoms with van der Waals surface area (Å²) < 4.78 is 29.1. The molecule has 1 aliphatic rings. The number of hydrogen-bond acceptors (Lipinski definition) is 4. The average molecular weight is 389 g/mol. The van der Waals surface area contributed by atoms with Gasteiger partial charge in [0.25, 0.3) is 0 Å². The zero-order valence-corrected chi connectivity index (χ0v) is 15.7. The predicted octanol–water partition coefficient (Wildman–Crippen LogP) is 2.63. The van der Waals surface area contributed by atoms with E-state index < -0.39 is 11.6 Å². The van der Waals surface area contributed by atoms with Crippen molar-refractivity contribution in [3.05, 3.63) is 65.2 Å². The van der Waals surface area contributed by atoms with Crippen molar-refractivity contribution in [2.45, 2.75) is 6.04 Å². The molecule has 0 saturated carbocycles. The molecular formula is C19H21F2N5S. The molecule has 0 aromatic heterocycles. The van der Waals surface area contributed by atoms with Crippen LogP contribution in [0.5, 0.6) is 0 Å². The molecule has 0 radical (unpaired) electrons. The van der Waals surface area contributed by atoms with Crippen LogP contribution in [-0.4, -0.2) is 42.9 Å². The fraction of sp³-hybridized carbons (Fsp3) is 0.263. The number of hydrogen-bond donors (Lipinski definition) is 2. The van der Waals surface area contributed by atoms with Crippen molar-refractivity contribution in [1.82, 2.24) is 10.3 Å². The third-order valence-electron chi connectivity index (χ3n) is 4.62. The van der Waals surface area contributed by atoms with E-state index in [2.05, 4.69) is 39.8 Å². The van der Waals surface area contributed by atoms with Gasteiger partial charge < -0.3 is 10.6 Å². The van der Waals surface area contributed by atoms with Crippen LogP contribution < -0.4 is 16.1 Å². The van der Waals surface area contributed by atoms with Gasteiger partial charge in [-0.3, -0.25) is 10.3 Å². The van der Waals surface area contributed by atoms with E-state index in [0.29, 0.717) is 13.1 Å². The van der Waals surface area contributed by atoms with E-state index in [1.54, 1.807) is 0 Å². The molecule has 5 nitrogen and oxygen atoms in total. The van der Waals surface area contributed by atoms with Gasteiger partial charge in [0.2, 0.25) is 0 Å². The Labute approximate surface area is 162 Å². The number of nitrogens with zero attached hydrogens (tertiary/aromatic N) is 3. The van der Waals surface area contributed by atoms with E-state index in [1.165, 1.54) is 6.07 Å². The Morgan fingerprint density at radius 3 is 2.67 bits per heavy atom. The highest BCUT2D eigenvalue weighted by atomic mass is 32.1. The van der Waals surface area contributed by atoms with E-state index in [0.717, 1.165) is 24.4 Å². The van der Waals surface area contributed by atoms with Gasteiger partial charge in [-0.1, -0.05) is 30.3 Å². The van der Waals surface area contributed by atoms with Gasteiger partial charge >= 0.3 is 0 Å². The lowest BCUT2D eigenvalue weighted by molar-refractivity contribution is 0.220. The van der Waals surface area contributed by atoms with Crippen LogP contribution in [0, 0.1) is 11.6 Å². The molecule has 0 unspecified atom stereocenters. The molecular weight excluding hydrogens is 368 g/mol. The lowest BCUT2D eigenvalue weighted by atomic mass is 10.0. The van der Waals surface area contributed by atoms with Gasteiger partial charge in [0.15, 0.2) is 5.11 Å². The molecule has 3 N–H and O–H groups in total. The Bertz CT molecular complexity index is 843. The van der Waals surface area contributed by atoms with E-state index >= 15 is 0 Å². The van der Waals surface area contributed by atoms with Crippen molar-refractivity contribution in [2.24, 2.45) is 10.8 Å². The highest BCUT2D eigenvalue weighted by molar-refractivity contribution is 7.80. The molecule has 3 rings (SSSR count). The molecule has 1 aliphatic heterocycles. The molecule has 8 heteroatoms. The summed E-state index contributed by atoms with van der Waals surface area (Å²) in [6.45, 7) is 1.95. The van der Waals surface area contributed by atoms with Crippen molar-refractivity contribution < 1.29 is 8.78 Å². The summed E-state index contributed by atoms with van der Waals surface area (Å²) in [6, 6.07) is 12.5. The zero-order chi connectivity index (χ0) is 19.4. The number of benzene rings is 2. The zero-order valence-electron chi connectivity index (χ0n) is 14.9. The molecule has 1 atom stereocenters. The average Bonchev–Trinajstić information content (AvgIpc) is 2.65. The number of rotatable bonds is 4. The van der Waals surface area contributed by atoms with Crippen LogP contribution >= 0.6 is 12.2 Å². The fourth-order valence-corrected chi connectivity index (χ4v) is 3.24. The van der Waals surface area contributed by atoms with Gasteiger partial charge in [-0.25, -0.2) is 8.78 Å². The number of hydrazone groups is 1. The van der Waals surface area contributed by atoms with Gasteiger partial charge in [-0.05, 0) is 30.9 Å². The smallest absolute Gasteiger partial charge is 0.184 e. The van der Waals surface area contributed by atoms with Crippen LogP contribution in [0.2, 0.25) is 0 Å². The second-order valence-electron chi connectivity index (χ2n) is 6.41. The maximum atomic E-state index is 14.7. The molecule has 142 valence electrons. The molecule has 0 amide bonds. The third kappa shape index (κ3) is 4.58. The van der Waals surface area contributed by atoms with Crippen molar-refractivity contribution >= 4 is 29.2 Å². The van der Waals surface area contributed by atoms with E-state index in [1.807, 2.05) is 30.1 Å². The monoisotopic (exact) mass is 389 g/mol. The molecule has 2 aromatic rings. The first-order chi connectivity index (χ1) is 13.0. The Morgan fingerprint density at radius 1 is 1.22 bits per heavy atom. The van der Waals surface area contributed by atoms with Crippen molar-refractivity contribution in [1.29, 1.82) is 0 Å². The first-order valence-electron chi connectivity index (χ1n) is 8.53. The Kier molecular flexibility index (Phi) is 5.98. The summed E-state index contributed by atoms with van der Waals surface area (Å²) in [5, 5.41) is 3.63. The predicted molar refractivity (Wildman–Crippen MR) is 108 cm³/mol. The molecule has 0 bridgehead atoms. The first-order valence-corrected chi connectivity index (χ1v) is 8.94. The van der Waals surface area contributed by atoms with Gasteiger partial charge in [-0.15, -0.1) is 0 Å².